The third-order valence-electron chi connectivity index (χ3n) is 3.97. The molecule has 0 unspecified atom stereocenters. The number of aryl methyl sites for hydroxylation is 2. The molecule has 1 N–H and O–H groups in total. The van der Waals surface area contributed by atoms with Crippen LogP contribution in [0.25, 0.3) is 0 Å². The van der Waals surface area contributed by atoms with Crippen molar-refractivity contribution in [3.8, 4) is 0 Å². The molecule has 1 aliphatic rings. The second kappa shape index (κ2) is 6.70. The number of nitrogens with zero attached hydrogens (tertiary/aromatic N) is 4. The van der Waals surface area contributed by atoms with Crippen molar-refractivity contribution in [2.24, 2.45) is 0 Å². The largest absolute Gasteiger partial charge is 0.361 e. The van der Waals surface area contributed by atoms with Crippen molar-refractivity contribution in [3.05, 3.63) is 23.3 Å². The van der Waals surface area contributed by atoms with Gasteiger partial charge in [0.05, 0.1) is 6.20 Å². The topological polar surface area (TPSA) is 67.1 Å². The van der Waals surface area contributed by atoms with Gasteiger partial charge in [-0.15, -0.1) is 0 Å². The molecule has 8 heteroatoms. The Kier molecular flexibility index (Phi) is 4.68. The summed E-state index contributed by atoms with van der Waals surface area (Å²) in [4.78, 5) is 6.52. The van der Waals surface area contributed by atoms with Crippen LogP contribution in [0.4, 0.5) is 9.52 Å². The number of nitrogens with one attached hydrogen (secondary N) is 1. The molecule has 2 aromatic rings. The highest BCUT2D eigenvalue weighted by molar-refractivity contribution is 7.09. The smallest absolute Gasteiger partial charge is 0.202 e. The zero-order chi connectivity index (χ0) is 15.5. The minimum Gasteiger partial charge on any atom is -0.361 e. The van der Waals surface area contributed by atoms with Crippen LogP contribution >= 0.6 is 11.5 Å². The standard InChI is InChI=1S/C14H20FN5OS/c1-3-13-18-14(22-19-13)16-6-12-4-11(15)8-20(12)7-10-5-17-21-9(10)2/h5,11-12H,3-4,6-8H2,1-2H3,(H,16,18,19)/t11-,12-/m0/s1. The lowest BCUT2D eigenvalue weighted by Gasteiger charge is -2.23. The Bertz CT molecular complexity index is 616. The number of alkyl halides is 1. The molecule has 120 valence electrons. The molecule has 0 radical (unpaired) electrons. The highest BCUT2D eigenvalue weighted by Crippen LogP contribution is 2.24. The molecule has 0 aromatic carbocycles. The minimum atomic E-state index is -0.785. The summed E-state index contributed by atoms with van der Waals surface area (Å²) < 4.78 is 23.1. The molecule has 1 aliphatic heterocycles. The summed E-state index contributed by atoms with van der Waals surface area (Å²) in [6.07, 6.45) is 2.29. The normalized spacial score (nSPS) is 22.3. The monoisotopic (exact) mass is 325 g/mol. The Labute approximate surface area is 132 Å². The predicted molar refractivity (Wildman–Crippen MR) is 82.7 cm³/mol. The highest BCUT2D eigenvalue weighted by Gasteiger charge is 2.32. The van der Waals surface area contributed by atoms with Crippen LogP contribution in [-0.4, -0.2) is 44.7 Å². The molecule has 0 saturated carbocycles. The van der Waals surface area contributed by atoms with Gasteiger partial charge in [-0.1, -0.05) is 12.1 Å². The van der Waals surface area contributed by atoms with Crippen LogP contribution in [0.15, 0.2) is 10.7 Å². The van der Waals surface area contributed by atoms with Gasteiger partial charge >= 0.3 is 0 Å². The molecule has 1 fully saturated rings. The predicted octanol–water partition coefficient (Wildman–Crippen LogP) is 2.42. The van der Waals surface area contributed by atoms with Gasteiger partial charge in [0.1, 0.15) is 17.8 Å². The first kappa shape index (κ1) is 15.4. The van der Waals surface area contributed by atoms with Crippen molar-refractivity contribution in [2.45, 2.75) is 45.4 Å². The van der Waals surface area contributed by atoms with Gasteiger partial charge in [-0.25, -0.2) is 9.37 Å². The fourth-order valence-corrected chi connectivity index (χ4v) is 3.35. The Hall–Kier alpha value is -1.54. The van der Waals surface area contributed by atoms with Crippen molar-refractivity contribution >= 4 is 16.7 Å². The molecule has 2 aromatic heterocycles. The van der Waals surface area contributed by atoms with E-state index >= 15 is 0 Å². The quantitative estimate of drug-likeness (QED) is 0.880. The first-order chi connectivity index (χ1) is 10.7. The maximum Gasteiger partial charge on any atom is 0.202 e. The zero-order valence-electron chi connectivity index (χ0n) is 12.8. The van der Waals surface area contributed by atoms with Gasteiger partial charge < -0.3 is 9.84 Å². The molecule has 3 heterocycles. The third-order valence-corrected chi connectivity index (χ3v) is 4.68. The number of aromatic nitrogens is 3. The van der Waals surface area contributed by atoms with Crippen molar-refractivity contribution in [2.75, 3.05) is 18.4 Å². The molecule has 0 amide bonds. The second-order valence-electron chi connectivity index (χ2n) is 5.57. The molecular weight excluding hydrogens is 305 g/mol. The van der Waals surface area contributed by atoms with E-state index in [4.69, 9.17) is 4.52 Å². The van der Waals surface area contributed by atoms with Crippen molar-refractivity contribution < 1.29 is 8.91 Å². The summed E-state index contributed by atoms with van der Waals surface area (Å²) in [6, 6.07) is 0.137. The molecule has 6 nitrogen and oxygen atoms in total. The summed E-state index contributed by atoms with van der Waals surface area (Å²) >= 11 is 1.36. The summed E-state index contributed by atoms with van der Waals surface area (Å²) in [5.41, 5.74) is 1.02. The summed E-state index contributed by atoms with van der Waals surface area (Å²) in [5.74, 6) is 1.64. The van der Waals surface area contributed by atoms with Gasteiger partial charge in [0.25, 0.3) is 0 Å². The van der Waals surface area contributed by atoms with Gasteiger partial charge in [-0.05, 0) is 13.3 Å². The van der Waals surface area contributed by atoms with Crippen LogP contribution in [0, 0.1) is 6.92 Å². The van der Waals surface area contributed by atoms with Crippen LogP contribution < -0.4 is 5.32 Å². The minimum absolute atomic E-state index is 0.137. The summed E-state index contributed by atoms with van der Waals surface area (Å²) in [5, 5.41) is 7.88. The van der Waals surface area contributed by atoms with E-state index in [1.54, 1.807) is 6.20 Å². The summed E-state index contributed by atoms with van der Waals surface area (Å²) in [7, 11) is 0. The lowest BCUT2D eigenvalue weighted by molar-refractivity contribution is 0.240. The molecular formula is C14H20FN5OS. The lowest BCUT2D eigenvalue weighted by Crippen LogP contribution is -2.34. The summed E-state index contributed by atoms with van der Waals surface area (Å²) in [6.45, 7) is 5.69. The molecule has 0 spiro atoms. The molecule has 22 heavy (non-hydrogen) atoms. The van der Waals surface area contributed by atoms with Gasteiger partial charge in [0.2, 0.25) is 5.13 Å². The van der Waals surface area contributed by atoms with Crippen LogP contribution in [-0.2, 0) is 13.0 Å². The van der Waals surface area contributed by atoms with Crippen LogP contribution in [0.5, 0.6) is 0 Å². The van der Waals surface area contributed by atoms with Crippen molar-refractivity contribution in [1.29, 1.82) is 0 Å². The van der Waals surface area contributed by atoms with Gasteiger partial charge in [-0.3, -0.25) is 4.90 Å². The molecule has 1 saturated heterocycles. The van der Waals surface area contributed by atoms with Crippen LogP contribution in [0.3, 0.4) is 0 Å². The van der Waals surface area contributed by atoms with E-state index in [1.165, 1.54) is 11.5 Å². The Morgan fingerprint density at radius 2 is 2.41 bits per heavy atom. The number of rotatable bonds is 6. The number of likely N-dealkylation sites (tertiary alicyclic amines) is 1. The average molecular weight is 325 g/mol. The Morgan fingerprint density at radius 1 is 1.55 bits per heavy atom. The maximum absolute atomic E-state index is 13.8. The van der Waals surface area contributed by atoms with E-state index in [0.29, 0.717) is 26.1 Å². The molecule has 2 atom stereocenters. The highest BCUT2D eigenvalue weighted by atomic mass is 32.1. The molecule has 0 bridgehead atoms. The van der Waals surface area contributed by atoms with E-state index in [9.17, 15) is 4.39 Å². The Morgan fingerprint density at radius 3 is 3.09 bits per heavy atom. The second-order valence-corrected chi connectivity index (χ2v) is 6.33. The molecule has 3 rings (SSSR count). The van der Waals surface area contributed by atoms with Crippen molar-refractivity contribution in [1.82, 2.24) is 19.4 Å². The fourth-order valence-electron chi connectivity index (χ4n) is 2.69. The SMILES string of the molecule is CCc1nsc(NC[C@@H]2C[C@H](F)CN2Cc2cnoc2C)n1. The van der Waals surface area contributed by atoms with Gasteiger partial charge in [0.15, 0.2) is 0 Å². The molecule has 0 aliphatic carbocycles. The number of halogens is 1. The van der Waals surface area contributed by atoms with E-state index in [0.717, 1.165) is 28.7 Å². The van der Waals surface area contributed by atoms with Crippen molar-refractivity contribution in [3.63, 3.8) is 0 Å². The number of hydrogen-bond acceptors (Lipinski definition) is 7. The van der Waals surface area contributed by atoms with E-state index < -0.39 is 6.17 Å². The Balaban J connectivity index is 1.59. The first-order valence-corrected chi connectivity index (χ1v) is 8.27. The maximum atomic E-state index is 13.8. The number of hydrogen-bond donors (Lipinski definition) is 1. The lowest BCUT2D eigenvalue weighted by atomic mass is 10.2. The zero-order valence-corrected chi connectivity index (χ0v) is 13.6. The average Bonchev–Trinajstić information content (AvgIpc) is 3.19. The van der Waals surface area contributed by atoms with E-state index in [1.807, 2.05) is 13.8 Å². The van der Waals surface area contributed by atoms with Crippen LogP contribution in [0.2, 0.25) is 0 Å². The van der Waals surface area contributed by atoms with Gasteiger partial charge in [0, 0.05) is 49.2 Å². The fraction of sp³-hybridized carbons (Fsp3) is 0.643. The van der Waals surface area contributed by atoms with E-state index in [2.05, 4.69) is 24.7 Å². The third kappa shape index (κ3) is 3.44. The van der Waals surface area contributed by atoms with E-state index in [-0.39, 0.29) is 6.04 Å². The van der Waals surface area contributed by atoms with Gasteiger partial charge in [-0.2, -0.15) is 4.37 Å². The number of anilines is 1. The first-order valence-electron chi connectivity index (χ1n) is 7.50. The van der Waals surface area contributed by atoms with Crippen LogP contribution in [0.1, 0.15) is 30.5 Å².